The number of anilines is 1. The topological polar surface area (TPSA) is 71.5 Å². The highest BCUT2D eigenvalue weighted by atomic mass is 16.5. The summed E-state index contributed by atoms with van der Waals surface area (Å²) in [5, 5.41) is 13.7. The van der Waals surface area contributed by atoms with E-state index in [0.29, 0.717) is 17.9 Å². The first-order valence-corrected chi connectivity index (χ1v) is 8.81. The number of pyridine rings is 1. The predicted molar refractivity (Wildman–Crippen MR) is 100 cm³/mol. The van der Waals surface area contributed by atoms with Gasteiger partial charge in [0.25, 0.3) is 0 Å². The summed E-state index contributed by atoms with van der Waals surface area (Å²) < 4.78 is 5.98. The van der Waals surface area contributed by atoms with Gasteiger partial charge >= 0.3 is 0 Å². The van der Waals surface area contributed by atoms with Crippen molar-refractivity contribution in [2.75, 3.05) is 5.32 Å². The van der Waals surface area contributed by atoms with Crippen molar-refractivity contribution in [3.8, 4) is 11.5 Å². The first kappa shape index (κ1) is 16.5. The second-order valence-electron chi connectivity index (χ2n) is 6.55. The highest BCUT2D eigenvalue weighted by Crippen LogP contribution is 2.30. The average Bonchev–Trinajstić information content (AvgIpc) is 3.10. The van der Waals surface area contributed by atoms with Crippen molar-refractivity contribution in [3.05, 3.63) is 60.8 Å². The van der Waals surface area contributed by atoms with E-state index in [-0.39, 0.29) is 11.8 Å². The zero-order chi connectivity index (χ0) is 17.9. The molecule has 1 fully saturated rings. The average molecular weight is 348 g/mol. The quantitative estimate of drug-likeness (QED) is 0.744. The minimum Gasteiger partial charge on any atom is -0.457 e. The minimum atomic E-state index is -0.530. The molecule has 0 saturated heterocycles. The van der Waals surface area contributed by atoms with Gasteiger partial charge in [-0.05, 0) is 61.7 Å². The summed E-state index contributed by atoms with van der Waals surface area (Å²) in [6, 6.07) is 16.9. The smallest absolute Gasteiger partial charge is 0.230 e. The number of hydrogen-bond donors (Lipinski definition) is 2. The number of amides is 1. The van der Waals surface area contributed by atoms with E-state index >= 15 is 0 Å². The largest absolute Gasteiger partial charge is 0.457 e. The van der Waals surface area contributed by atoms with Crippen LogP contribution in [0.1, 0.15) is 19.3 Å². The van der Waals surface area contributed by atoms with Crippen LogP contribution in [0.5, 0.6) is 11.5 Å². The number of aliphatic hydroxyl groups is 1. The SMILES string of the molecule is O=C(Nc1ccc(Oc2ccnc3ccccc23)cc1)C1CCCC1O. The van der Waals surface area contributed by atoms with Crippen LogP contribution in [-0.4, -0.2) is 22.1 Å². The molecule has 1 aliphatic carbocycles. The summed E-state index contributed by atoms with van der Waals surface area (Å²) in [4.78, 5) is 16.6. The Kier molecular flexibility index (Phi) is 4.54. The number of benzene rings is 2. The van der Waals surface area contributed by atoms with Crippen LogP contribution in [0.4, 0.5) is 5.69 Å². The summed E-state index contributed by atoms with van der Waals surface area (Å²) in [5.74, 6) is 0.986. The monoisotopic (exact) mass is 348 g/mol. The lowest BCUT2D eigenvalue weighted by Gasteiger charge is -2.14. The van der Waals surface area contributed by atoms with Crippen LogP contribution < -0.4 is 10.1 Å². The Labute approximate surface area is 151 Å². The van der Waals surface area contributed by atoms with Gasteiger partial charge in [-0.3, -0.25) is 9.78 Å². The van der Waals surface area contributed by atoms with Gasteiger partial charge in [0.2, 0.25) is 5.91 Å². The second kappa shape index (κ2) is 7.14. The van der Waals surface area contributed by atoms with Crippen LogP contribution in [0.2, 0.25) is 0 Å². The van der Waals surface area contributed by atoms with E-state index in [0.717, 1.165) is 29.5 Å². The number of rotatable bonds is 4. The Morgan fingerprint density at radius 3 is 2.65 bits per heavy atom. The van der Waals surface area contributed by atoms with Crippen molar-refractivity contribution in [3.63, 3.8) is 0 Å². The standard InChI is InChI=1S/C21H20N2O3/c24-19-7-3-5-17(19)21(25)23-14-8-10-15(11-9-14)26-20-12-13-22-18-6-2-1-4-16(18)20/h1-2,4,6,8-13,17,19,24H,3,5,7H2,(H,23,25). The lowest BCUT2D eigenvalue weighted by molar-refractivity contribution is -0.122. The van der Waals surface area contributed by atoms with Gasteiger partial charge in [0, 0.05) is 17.3 Å². The number of ether oxygens (including phenoxy) is 1. The van der Waals surface area contributed by atoms with Gasteiger partial charge in [-0.25, -0.2) is 0 Å². The summed E-state index contributed by atoms with van der Waals surface area (Å²) in [5.41, 5.74) is 1.57. The molecule has 0 radical (unpaired) electrons. The molecule has 5 nitrogen and oxygen atoms in total. The molecule has 0 spiro atoms. The molecule has 2 unspecified atom stereocenters. The second-order valence-corrected chi connectivity index (χ2v) is 6.55. The van der Waals surface area contributed by atoms with E-state index in [4.69, 9.17) is 4.74 Å². The maximum absolute atomic E-state index is 12.2. The van der Waals surface area contributed by atoms with Crippen LogP contribution in [0.3, 0.4) is 0 Å². The number of nitrogens with one attached hydrogen (secondary N) is 1. The fourth-order valence-corrected chi connectivity index (χ4v) is 3.37. The van der Waals surface area contributed by atoms with E-state index in [1.807, 2.05) is 42.5 Å². The molecular weight excluding hydrogens is 328 g/mol. The Morgan fingerprint density at radius 2 is 1.88 bits per heavy atom. The molecule has 1 saturated carbocycles. The summed E-state index contributed by atoms with van der Waals surface area (Å²) in [6.07, 6.45) is 3.52. The minimum absolute atomic E-state index is 0.121. The van der Waals surface area contributed by atoms with E-state index in [9.17, 15) is 9.90 Å². The van der Waals surface area contributed by atoms with Crippen molar-refractivity contribution < 1.29 is 14.6 Å². The molecular formula is C21H20N2O3. The molecule has 2 N–H and O–H groups in total. The molecule has 4 rings (SSSR count). The maximum atomic E-state index is 12.2. The van der Waals surface area contributed by atoms with Crippen LogP contribution in [-0.2, 0) is 4.79 Å². The van der Waals surface area contributed by atoms with Crippen LogP contribution >= 0.6 is 0 Å². The molecule has 0 bridgehead atoms. The number of nitrogens with zero attached hydrogens (tertiary/aromatic N) is 1. The molecule has 1 aliphatic rings. The Bertz CT molecular complexity index is 919. The van der Waals surface area contributed by atoms with E-state index < -0.39 is 6.10 Å². The van der Waals surface area contributed by atoms with Gasteiger partial charge in [-0.2, -0.15) is 0 Å². The van der Waals surface area contributed by atoms with Gasteiger partial charge < -0.3 is 15.2 Å². The van der Waals surface area contributed by atoms with E-state index in [2.05, 4.69) is 10.3 Å². The van der Waals surface area contributed by atoms with Crippen molar-refractivity contribution >= 4 is 22.5 Å². The Morgan fingerprint density at radius 1 is 1.08 bits per heavy atom. The normalized spacial score (nSPS) is 19.4. The first-order valence-electron chi connectivity index (χ1n) is 8.81. The highest BCUT2D eigenvalue weighted by Gasteiger charge is 2.31. The molecule has 1 amide bonds. The number of carbonyl (C=O) groups excluding carboxylic acids is 1. The molecule has 2 atom stereocenters. The predicted octanol–water partition coefficient (Wildman–Crippen LogP) is 4.13. The Hall–Kier alpha value is -2.92. The van der Waals surface area contributed by atoms with E-state index in [1.165, 1.54) is 0 Å². The fraction of sp³-hybridized carbons (Fsp3) is 0.238. The fourth-order valence-electron chi connectivity index (χ4n) is 3.37. The summed E-state index contributed by atoms with van der Waals surface area (Å²) in [6.45, 7) is 0. The van der Waals surface area contributed by atoms with Gasteiger partial charge in [0.15, 0.2) is 0 Å². The van der Waals surface area contributed by atoms with Crippen LogP contribution in [0.15, 0.2) is 60.8 Å². The van der Waals surface area contributed by atoms with Crippen LogP contribution in [0, 0.1) is 5.92 Å². The molecule has 3 aromatic rings. The Balaban J connectivity index is 1.47. The third-order valence-corrected chi connectivity index (χ3v) is 4.77. The van der Waals surface area contributed by atoms with Gasteiger partial charge in [-0.15, -0.1) is 0 Å². The van der Waals surface area contributed by atoms with Crippen molar-refractivity contribution in [2.45, 2.75) is 25.4 Å². The zero-order valence-electron chi connectivity index (χ0n) is 14.3. The lowest BCUT2D eigenvalue weighted by atomic mass is 10.1. The van der Waals surface area contributed by atoms with Gasteiger partial charge in [0.05, 0.1) is 17.5 Å². The first-order chi connectivity index (χ1) is 12.7. The number of aromatic nitrogens is 1. The summed E-state index contributed by atoms with van der Waals surface area (Å²) in [7, 11) is 0. The molecule has 1 aromatic heterocycles. The zero-order valence-corrected chi connectivity index (χ0v) is 14.3. The number of aliphatic hydroxyl groups excluding tert-OH is 1. The number of para-hydroxylation sites is 1. The van der Waals surface area contributed by atoms with Crippen molar-refractivity contribution in [2.24, 2.45) is 5.92 Å². The molecule has 0 aliphatic heterocycles. The molecule has 1 heterocycles. The van der Waals surface area contributed by atoms with Crippen molar-refractivity contribution in [1.29, 1.82) is 0 Å². The third-order valence-electron chi connectivity index (χ3n) is 4.77. The highest BCUT2D eigenvalue weighted by molar-refractivity contribution is 5.93. The molecule has 26 heavy (non-hydrogen) atoms. The third kappa shape index (κ3) is 3.39. The number of carbonyl (C=O) groups is 1. The molecule has 2 aromatic carbocycles. The molecule has 132 valence electrons. The van der Waals surface area contributed by atoms with Crippen molar-refractivity contribution in [1.82, 2.24) is 4.98 Å². The van der Waals surface area contributed by atoms with E-state index in [1.54, 1.807) is 18.3 Å². The number of fused-ring (bicyclic) bond motifs is 1. The number of hydrogen-bond acceptors (Lipinski definition) is 4. The van der Waals surface area contributed by atoms with Crippen LogP contribution in [0.25, 0.3) is 10.9 Å². The maximum Gasteiger partial charge on any atom is 0.230 e. The van der Waals surface area contributed by atoms with Gasteiger partial charge in [-0.1, -0.05) is 12.1 Å². The molecule has 5 heteroatoms. The summed E-state index contributed by atoms with van der Waals surface area (Å²) >= 11 is 0. The lowest BCUT2D eigenvalue weighted by Crippen LogP contribution is -2.28. The van der Waals surface area contributed by atoms with Gasteiger partial charge in [0.1, 0.15) is 11.5 Å².